The molecular weight excluding hydrogens is 367 g/mol. The monoisotopic (exact) mass is 381 g/mol. The first-order valence-electron chi connectivity index (χ1n) is 8.03. The minimum absolute atomic E-state index is 0.0000817. The summed E-state index contributed by atoms with van der Waals surface area (Å²) in [4.78, 5) is 38.8. The highest BCUT2D eigenvalue weighted by molar-refractivity contribution is 5.94. The number of pyridine rings is 1. The van der Waals surface area contributed by atoms with Crippen molar-refractivity contribution in [3.63, 3.8) is 0 Å². The molecule has 0 aliphatic carbocycles. The lowest BCUT2D eigenvalue weighted by Crippen LogP contribution is -2.30. The standard InChI is InChI=1S/C18H14F3NO5/c1-2-26-17(25)12-8-22-16(24)14-11(7-13(23)27-15(12)14)9-3-5-10(6-4-9)18(19,20)21/h3-6,8,11H,2,7H2,1H3,(H,22,24). The predicted octanol–water partition coefficient (Wildman–Crippen LogP) is 3.01. The van der Waals surface area contributed by atoms with Gasteiger partial charge in [-0.25, -0.2) is 4.79 Å². The molecule has 0 spiro atoms. The predicted molar refractivity (Wildman–Crippen MR) is 86.6 cm³/mol. The van der Waals surface area contributed by atoms with Gasteiger partial charge in [0.25, 0.3) is 5.56 Å². The van der Waals surface area contributed by atoms with Gasteiger partial charge in [-0.15, -0.1) is 0 Å². The molecule has 0 amide bonds. The maximum atomic E-state index is 12.8. The van der Waals surface area contributed by atoms with Gasteiger partial charge in [0.1, 0.15) is 5.56 Å². The molecule has 9 heteroatoms. The molecule has 0 saturated carbocycles. The van der Waals surface area contributed by atoms with Crippen LogP contribution in [0.2, 0.25) is 0 Å². The van der Waals surface area contributed by atoms with Crippen molar-refractivity contribution in [2.24, 2.45) is 0 Å². The average molecular weight is 381 g/mol. The van der Waals surface area contributed by atoms with Crippen molar-refractivity contribution in [3.8, 4) is 5.75 Å². The Morgan fingerprint density at radius 1 is 1.26 bits per heavy atom. The van der Waals surface area contributed by atoms with Crippen molar-refractivity contribution < 1.29 is 32.2 Å². The van der Waals surface area contributed by atoms with Gasteiger partial charge in [-0.05, 0) is 24.6 Å². The fourth-order valence-corrected chi connectivity index (χ4v) is 2.93. The number of benzene rings is 1. The fraction of sp³-hybridized carbons (Fsp3) is 0.278. The Bertz CT molecular complexity index is 947. The summed E-state index contributed by atoms with van der Waals surface area (Å²) in [6, 6.07) is 4.15. The van der Waals surface area contributed by atoms with E-state index in [0.29, 0.717) is 5.56 Å². The number of aromatic amines is 1. The van der Waals surface area contributed by atoms with E-state index in [0.717, 1.165) is 18.3 Å². The van der Waals surface area contributed by atoms with E-state index in [1.807, 2.05) is 0 Å². The molecule has 1 atom stereocenters. The van der Waals surface area contributed by atoms with Gasteiger partial charge in [-0.2, -0.15) is 13.2 Å². The van der Waals surface area contributed by atoms with Crippen LogP contribution in [0.4, 0.5) is 13.2 Å². The third kappa shape index (κ3) is 3.57. The number of rotatable bonds is 3. The summed E-state index contributed by atoms with van der Waals surface area (Å²) in [5.41, 5.74) is -1.25. The maximum Gasteiger partial charge on any atom is 0.416 e. The Morgan fingerprint density at radius 2 is 1.93 bits per heavy atom. The lowest BCUT2D eigenvalue weighted by atomic mass is 9.86. The summed E-state index contributed by atoms with van der Waals surface area (Å²) in [6.07, 6.45) is -3.66. The summed E-state index contributed by atoms with van der Waals surface area (Å²) in [5.74, 6) is -2.56. The lowest BCUT2D eigenvalue weighted by molar-refractivity contribution is -0.138. The SMILES string of the molecule is CCOC(=O)c1c[nH]c(=O)c2c1OC(=O)CC2c1ccc(C(F)(F)F)cc1. The molecular formula is C18H14F3NO5. The molecule has 1 N–H and O–H groups in total. The molecule has 27 heavy (non-hydrogen) atoms. The first-order valence-corrected chi connectivity index (χ1v) is 8.03. The van der Waals surface area contributed by atoms with E-state index < -0.39 is 35.2 Å². The number of carbonyl (C=O) groups is 2. The van der Waals surface area contributed by atoms with E-state index in [1.54, 1.807) is 6.92 Å². The summed E-state index contributed by atoms with van der Waals surface area (Å²) in [7, 11) is 0. The summed E-state index contributed by atoms with van der Waals surface area (Å²) in [6.45, 7) is 1.66. The smallest absolute Gasteiger partial charge is 0.416 e. The molecule has 1 unspecified atom stereocenters. The number of fused-ring (bicyclic) bond motifs is 1. The Labute approximate surface area is 150 Å². The normalized spacial score (nSPS) is 16.4. The van der Waals surface area contributed by atoms with Gasteiger partial charge >= 0.3 is 18.1 Å². The second-order valence-corrected chi connectivity index (χ2v) is 5.85. The zero-order valence-corrected chi connectivity index (χ0v) is 14.1. The van der Waals surface area contributed by atoms with Crippen molar-refractivity contribution in [1.82, 2.24) is 4.98 Å². The number of nitrogens with one attached hydrogen (secondary N) is 1. The maximum absolute atomic E-state index is 12.8. The number of alkyl halides is 3. The highest BCUT2D eigenvalue weighted by Gasteiger charge is 2.36. The third-order valence-electron chi connectivity index (χ3n) is 4.15. The molecule has 0 fully saturated rings. The molecule has 1 aromatic heterocycles. The van der Waals surface area contributed by atoms with Crippen LogP contribution in [0.15, 0.2) is 35.3 Å². The topological polar surface area (TPSA) is 85.5 Å². The van der Waals surface area contributed by atoms with Crippen molar-refractivity contribution in [2.45, 2.75) is 25.4 Å². The minimum atomic E-state index is -4.50. The largest absolute Gasteiger partial charge is 0.462 e. The van der Waals surface area contributed by atoms with E-state index in [9.17, 15) is 27.6 Å². The second kappa shape index (κ2) is 6.90. The molecule has 0 bridgehead atoms. The second-order valence-electron chi connectivity index (χ2n) is 5.85. The van der Waals surface area contributed by atoms with Gasteiger partial charge in [0, 0.05) is 12.1 Å². The van der Waals surface area contributed by atoms with Crippen LogP contribution in [-0.2, 0) is 15.7 Å². The first kappa shape index (κ1) is 18.7. The van der Waals surface area contributed by atoms with E-state index >= 15 is 0 Å². The molecule has 0 saturated heterocycles. The lowest BCUT2D eigenvalue weighted by Gasteiger charge is -2.25. The molecule has 3 rings (SSSR count). The molecule has 1 aliphatic heterocycles. The van der Waals surface area contributed by atoms with E-state index in [-0.39, 0.29) is 29.9 Å². The van der Waals surface area contributed by atoms with Crippen molar-refractivity contribution >= 4 is 11.9 Å². The van der Waals surface area contributed by atoms with Crippen LogP contribution in [0.1, 0.15) is 46.3 Å². The van der Waals surface area contributed by atoms with Crippen LogP contribution >= 0.6 is 0 Å². The molecule has 142 valence electrons. The third-order valence-corrected chi connectivity index (χ3v) is 4.15. The van der Waals surface area contributed by atoms with Crippen LogP contribution in [0.5, 0.6) is 5.75 Å². The van der Waals surface area contributed by atoms with Gasteiger partial charge in [0.15, 0.2) is 5.75 Å². The Hall–Kier alpha value is -3.10. The summed E-state index contributed by atoms with van der Waals surface area (Å²) in [5, 5.41) is 0. The number of esters is 2. The number of carbonyl (C=O) groups excluding carboxylic acids is 2. The van der Waals surface area contributed by atoms with Gasteiger partial charge in [0.2, 0.25) is 0 Å². The molecule has 1 aromatic carbocycles. The number of ether oxygens (including phenoxy) is 2. The Balaban J connectivity index is 2.11. The van der Waals surface area contributed by atoms with Crippen LogP contribution in [0.3, 0.4) is 0 Å². The van der Waals surface area contributed by atoms with E-state index in [4.69, 9.17) is 9.47 Å². The fourth-order valence-electron chi connectivity index (χ4n) is 2.93. The first-order chi connectivity index (χ1) is 12.7. The molecule has 6 nitrogen and oxygen atoms in total. The van der Waals surface area contributed by atoms with Gasteiger partial charge in [-0.1, -0.05) is 12.1 Å². The Kier molecular flexibility index (Phi) is 4.77. The zero-order chi connectivity index (χ0) is 19.8. The van der Waals surface area contributed by atoms with Crippen molar-refractivity contribution in [2.75, 3.05) is 6.61 Å². The number of hydrogen-bond acceptors (Lipinski definition) is 5. The molecule has 2 aromatic rings. The quantitative estimate of drug-likeness (QED) is 0.826. The number of hydrogen-bond donors (Lipinski definition) is 1. The van der Waals surface area contributed by atoms with Gasteiger partial charge < -0.3 is 14.5 Å². The van der Waals surface area contributed by atoms with Crippen LogP contribution in [-0.4, -0.2) is 23.5 Å². The number of halogens is 3. The average Bonchev–Trinajstić information content (AvgIpc) is 2.60. The Morgan fingerprint density at radius 3 is 2.52 bits per heavy atom. The highest BCUT2D eigenvalue weighted by atomic mass is 19.4. The van der Waals surface area contributed by atoms with Crippen LogP contribution in [0, 0.1) is 0 Å². The van der Waals surface area contributed by atoms with Gasteiger partial charge in [0.05, 0.1) is 24.2 Å². The molecule has 1 aliphatic rings. The van der Waals surface area contributed by atoms with Gasteiger partial charge in [-0.3, -0.25) is 9.59 Å². The zero-order valence-electron chi connectivity index (χ0n) is 14.1. The minimum Gasteiger partial charge on any atom is -0.462 e. The molecule has 2 heterocycles. The summed E-state index contributed by atoms with van der Waals surface area (Å²) < 4.78 is 48.3. The van der Waals surface area contributed by atoms with E-state index in [1.165, 1.54) is 12.1 Å². The number of H-pyrrole nitrogens is 1. The molecule has 0 radical (unpaired) electrons. The van der Waals surface area contributed by atoms with Crippen molar-refractivity contribution in [1.29, 1.82) is 0 Å². The van der Waals surface area contributed by atoms with Crippen LogP contribution < -0.4 is 10.3 Å². The van der Waals surface area contributed by atoms with E-state index in [2.05, 4.69) is 4.98 Å². The number of aromatic nitrogens is 1. The summed E-state index contributed by atoms with van der Waals surface area (Å²) >= 11 is 0. The van der Waals surface area contributed by atoms with Crippen molar-refractivity contribution in [3.05, 3.63) is 63.1 Å². The van der Waals surface area contributed by atoms with Crippen LogP contribution in [0.25, 0.3) is 0 Å². The highest BCUT2D eigenvalue weighted by Crippen LogP contribution is 2.39.